The molecule has 0 unspecified atom stereocenters. The van der Waals surface area contributed by atoms with Crippen LogP contribution in [0.2, 0.25) is 0 Å². The fourth-order valence-electron chi connectivity index (χ4n) is 2.03. The predicted molar refractivity (Wildman–Crippen MR) is 77.8 cm³/mol. The molecule has 0 atom stereocenters. The number of rotatable bonds is 5. The van der Waals surface area contributed by atoms with Gasteiger partial charge in [0.05, 0.1) is 6.61 Å². The Morgan fingerprint density at radius 2 is 1.89 bits per heavy atom. The van der Waals surface area contributed by atoms with E-state index in [2.05, 4.69) is 6.92 Å². The maximum atomic E-state index is 10.9. The van der Waals surface area contributed by atoms with Crippen molar-refractivity contribution in [2.45, 2.75) is 20.3 Å². The standard InChI is InChI=1S/C17H18O2/c1-3-10-19-17-7-5-4-6-15(17)16-11-14(12-18)9-8-13(16)2/h4-9,11-12H,3,10H2,1-2H3. The average molecular weight is 254 g/mol. The fraction of sp³-hybridized carbons (Fsp3) is 0.235. The predicted octanol–water partition coefficient (Wildman–Crippen LogP) is 4.26. The Morgan fingerprint density at radius 1 is 1.11 bits per heavy atom. The highest BCUT2D eigenvalue weighted by Gasteiger charge is 2.09. The van der Waals surface area contributed by atoms with E-state index >= 15 is 0 Å². The molecule has 0 saturated heterocycles. The Labute approximate surface area is 114 Å². The van der Waals surface area contributed by atoms with Crippen LogP contribution in [-0.2, 0) is 0 Å². The highest BCUT2D eigenvalue weighted by atomic mass is 16.5. The van der Waals surface area contributed by atoms with E-state index in [1.54, 1.807) is 0 Å². The maximum Gasteiger partial charge on any atom is 0.150 e. The molecule has 0 aliphatic heterocycles. The molecule has 2 rings (SSSR count). The summed E-state index contributed by atoms with van der Waals surface area (Å²) >= 11 is 0. The molecule has 0 aromatic heterocycles. The summed E-state index contributed by atoms with van der Waals surface area (Å²) in [6.45, 7) is 4.82. The van der Waals surface area contributed by atoms with Gasteiger partial charge < -0.3 is 4.74 Å². The number of aryl methyl sites for hydroxylation is 1. The van der Waals surface area contributed by atoms with E-state index in [1.165, 1.54) is 0 Å². The molecule has 0 aliphatic carbocycles. The molecule has 0 heterocycles. The van der Waals surface area contributed by atoms with Gasteiger partial charge in [-0.2, -0.15) is 0 Å². The summed E-state index contributed by atoms with van der Waals surface area (Å²) in [6.07, 6.45) is 1.85. The van der Waals surface area contributed by atoms with Crippen LogP contribution in [0, 0.1) is 6.92 Å². The maximum absolute atomic E-state index is 10.9. The van der Waals surface area contributed by atoms with E-state index in [-0.39, 0.29) is 0 Å². The molecule has 0 spiro atoms. The van der Waals surface area contributed by atoms with Crippen molar-refractivity contribution in [2.75, 3.05) is 6.61 Å². The topological polar surface area (TPSA) is 26.3 Å². The zero-order chi connectivity index (χ0) is 13.7. The van der Waals surface area contributed by atoms with Crippen LogP contribution in [0.3, 0.4) is 0 Å². The number of para-hydroxylation sites is 1. The average Bonchev–Trinajstić information content (AvgIpc) is 2.46. The summed E-state index contributed by atoms with van der Waals surface area (Å²) in [5, 5.41) is 0. The fourth-order valence-corrected chi connectivity index (χ4v) is 2.03. The molecule has 19 heavy (non-hydrogen) atoms. The molecule has 2 aromatic carbocycles. The van der Waals surface area contributed by atoms with Gasteiger partial charge in [0.2, 0.25) is 0 Å². The summed E-state index contributed by atoms with van der Waals surface area (Å²) in [7, 11) is 0. The third-order valence-corrected chi connectivity index (χ3v) is 3.04. The van der Waals surface area contributed by atoms with Crippen LogP contribution in [0.25, 0.3) is 11.1 Å². The quantitative estimate of drug-likeness (QED) is 0.745. The summed E-state index contributed by atoms with van der Waals surface area (Å²) in [5.41, 5.74) is 3.91. The molecule has 0 fully saturated rings. The number of carbonyl (C=O) groups excluding carboxylic acids is 1. The van der Waals surface area contributed by atoms with Gasteiger partial charge in [-0.3, -0.25) is 4.79 Å². The molecule has 0 N–H and O–H groups in total. The number of carbonyl (C=O) groups is 1. The van der Waals surface area contributed by atoms with Crippen molar-refractivity contribution in [3.8, 4) is 16.9 Å². The van der Waals surface area contributed by atoms with Crippen molar-refractivity contribution in [3.05, 3.63) is 53.6 Å². The summed E-state index contributed by atoms with van der Waals surface area (Å²) in [4.78, 5) is 10.9. The van der Waals surface area contributed by atoms with Crippen molar-refractivity contribution >= 4 is 6.29 Å². The highest BCUT2D eigenvalue weighted by Crippen LogP contribution is 2.32. The van der Waals surface area contributed by atoms with E-state index < -0.39 is 0 Å². The zero-order valence-corrected chi connectivity index (χ0v) is 11.3. The molecule has 2 aromatic rings. The Morgan fingerprint density at radius 3 is 2.63 bits per heavy atom. The molecule has 98 valence electrons. The van der Waals surface area contributed by atoms with E-state index in [1.807, 2.05) is 49.4 Å². The number of hydrogen-bond acceptors (Lipinski definition) is 2. The second kappa shape index (κ2) is 6.19. The number of benzene rings is 2. The highest BCUT2D eigenvalue weighted by molar-refractivity contribution is 5.81. The van der Waals surface area contributed by atoms with E-state index in [4.69, 9.17) is 4.74 Å². The lowest BCUT2D eigenvalue weighted by atomic mass is 9.97. The van der Waals surface area contributed by atoms with Gasteiger partial charge in [-0.15, -0.1) is 0 Å². The molecular formula is C17H18O2. The van der Waals surface area contributed by atoms with Gasteiger partial charge in [0.1, 0.15) is 12.0 Å². The Hall–Kier alpha value is -2.09. The second-order valence-electron chi connectivity index (χ2n) is 4.54. The molecule has 0 radical (unpaired) electrons. The first-order valence-electron chi connectivity index (χ1n) is 6.54. The third kappa shape index (κ3) is 3.02. The van der Waals surface area contributed by atoms with Crippen molar-refractivity contribution in [3.63, 3.8) is 0 Å². The first-order valence-corrected chi connectivity index (χ1v) is 6.54. The van der Waals surface area contributed by atoms with Crippen LogP contribution in [0.1, 0.15) is 29.3 Å². The first kappa shape index (κ1) is 13.3. The normalized spacial score (nSPS) is 10.2. The zero-order valence-electron chi connectivity index (χ0n) is 11.3. The first-order chi connectivity index (χ1) is 9.26. The van der Waals surface area contributed by atoms with Crippen molar-refractivity contribution in [1.29, 1.82) is 0 Å². The van der Waals surface area contributed by atoms with Gasteiger partial charge in [-0.05, 0) is 36.6 Å². The van der Waals surface area contributed by atoms with Crippen molar-refractivity contribution in [1.82, 2.24) is 0 Å². The summed E-state index contributed by atoms with van der Waals surface area (Å²) in [5.74, 6) is 0.871. The molecule has 0 saturated carbocycles. The number of aldehydes is 1. The van der Waals surface area contributed by atoms with Crippen LogP contribution in [0.4, 0.5) is 0 Å². The van der Waals surface area contributed by atoms with E-state index in [0.717, 1.165) is 35.1 Å². The van der Waals surface area contributed by atoms with Crippen LogP contribution in [0.5, 0.6) is 5.75 Å². The Bertz CT molecular complexity index is 573. The van der Waals surface area contributed by atoms with Gasteiger partial charge in [-0.25, -0.2) is 0 Å². The second-order valence-corrected chi connectivity index (χ2v) is 4.54. The van der Waals surface area contributed by atoms with Gasteiger partial charge in [-0.1, -0.05) is 37.3 Å². The molecule has 2 nitrogen and oxygen atoms in total. The molecule has 0 bridgehead atoms. The minimum Gasteiger partial charge on any atom is -0.493 e. The smallest absolute Gasteiger partial charge is 0.150 e. The van der Waals surface area contributed by atoms with Crippen molar-refractivity contribution < 1.29 is 9.53 Å². The van der Waals surface area contributed by atoms with Crippen LogP contribution < -0.4 is 4.74 Å². The van der Waals surface area contributed by atoms with Gasteiger partial charge in [0, 0.05) is 11.1 Å². The molecule has 0 aliphatic rings. The number of hydrogen-bond donors (Lipinski definition) is 0. The number of ether oxygens (including phenoxy) is 1. The molecule has 0 amide bonds. The van der Waals surface area contributed by atoms with Gasteiger partial charge in [0.25, 0.3) is 0 Å². The third-order valence-electron chi connectivity index (χ3n) is 3.04. The molecular weight excluding hydrogens is 236 g/mol. The Kier molecular flexibility index (Phi) is 4.35. The van der Waals surface area contributed by atoms with Gasteiger partial charge >= 0.3 is 0 Å². The lowest BCUT2D eigenvalue weighted by molar-refractivity contribution is 0.112. The van der Waals surface area contributed by atoms with Gasteiger partial charge in [0.15, 0.2) is 0 Å². The minimum absolute atomic E-state index is 0.686. The minimum atomic E-state index is 0.686. The van der Waals surface area contributed by atoms with Crippen LogP contribution >= 0.6 is 0 Å². The monoisotopic (exact) mass is 254 g/mol. The van der Waals surface area contributed by atoms with Crippen molar-refractivity contribution in [2.24, 2.45) is 0 Å². The van der Waals surface area contributed by atoms with Crippen LogP contribution in [0.15, 0.2) is 42.5 Å². The van der Waals surface area contributed by atoms with Crippen LogP contribution in [-0.4, -0.2) is 12.9 Å². The molecule has 2 heteroatoms. The summed E-state index contributed by atoms with van der Waals surface area (Å²) < 4.78 is 5.78. The SMILES string of the molecule is CCCOc1ccccc1-c1cc(C=O)ccc1C. The summed E-state index contributed by atoms with van der Waals surface area (Å²) in [6, 6.07) is 13.7. The Balaban J connectivity index is 2.48. The van der Waals surface area contributed by atoms with E-state index in [9.17, 15) is 4.79 Å². The largest absolute Gasteiger partial charge is 0.493 e. The van der Waals surface area contributed by atoms with E-state index in [0.29, 0.717) is 12.2 Å². The lowest BCUT2D eigenvalue weighted by Gasteiger charge is -2.13. The lowest BCUT2D eigenvalue weighted by Crippen LogP contribution is -1.97.